The van der Waals surface area contributed by atoms with Crippen LogP contribution in [0.15, 0.2) is 18.2 Å². The van der Waals surface area contributed by atoms with Crippen molar-refractivity contribution in [1.29, 1.82) is 0 Å². The van der Waals surface area contributed by atoms with E-state index in [1.165, 1.54) is 6.07 Å². The van der Waals surface area contributed by atoms with Gasteiger partial charge in [-0.2, -0.15) is 0 Å². The van der Waals surface area contributed by atoms with E-state index in [4.69, 9.17) is 5.11 Å². The Morgan fingerprint density at radius 2 is 1.90 bits per heavy atom. The monoisotopic (exact) mass is 279 g/mol. The Bertz CT molecular complexity index is 528. The van der Waals surface area contributed by atoms with Crippen LogP contribution in [0.25, 0.3) is 0 Å². The number of hydrogen-bond donors (Lipinski definition) is 4. The number of benzene rings is 1. The lowest BCUT2D eigenvalue weighted by molar-refractivity contribution is -0.119. The number of carboxylic acid groups (broad SMARTS) is 1. The van der Waals surface area contributed by atoms with E-state index < -0.39 is 12.0 Å². The van der Waals surface area contributed by atoms with E-state index in [1.807, 2.05) is 0 Å². The van der Waals surface area contributed by atoms with Gasteiger partial charge in [0.05, 0.1) is 12.1 Å². The molecule has 3 amide bonds. The van der Waals surface area contributed by atoms with Gasteiger partial charge in [0.15, 0.2) is 0 Å². The number of rotatable bonds is 5. The van der Waals surface area contributed by atoms with Crippen LogP contribution < -0.4 is 16.0 Å². The summed E-state index contributed by atoms with van der Waals surface area (Å²) in [4.78, 5) is 33.7. The van der Waals surface area contributed by atoms with Crippen molar-refractivity contribution in [2.24, 2.45) is 0 Å². The third-order valence-electron chi connectivity index (χ3n) is 2.51. The molecular weight excluding hydrogens is 262 g/mol. The number of nitrogens with one attached hydrogen (secondary N) is 3. The molecule has 0 unspecified atom stereocenters. The molecule has 0 saturated heterocycles. The summed E-state index contributed by atoms with van der Waals surface area (Å²) in [5, 5.41) is 16.4. The first-order chi connectivity index (χ1) is 9.43. The van der Waals surface area contributed by atoms with Gasteiger partial charge in [0.2, 0.25) is 5.91 Å². The van der Waals surface area contributed by atoms with Crippen molar-refractivity contribution < 1.29 is 19.5 Å². The molecule has 1 aromatic rings. The maximum atomic E-state index is 11.5. The van der Waals surface area contributed by atoms with E-state index in [0.717, 1.165) is 0 Å². The van der Waals surface area contributed by atoms with E-state index >= 15 is 0 Å². The predicted octanol–water partition coefficient (Wildman–Crippen LogP) is 0.951. The van der Waals surface area contributed by atoms with Crippen LogP contribution in [0.5, 0.6) is 0 Å². The van der Waals surface area contributed by atoms with Crippen molar-refractivity contribution >= 4 is 23.6 Å². The molecule has 0 saturated carbocycles. The Kier molecular flexibility index (Phi) is 5.52. The molecule has 7 nitrogen and oxygen atoms in total. The van der Waals surface area contributed by atoms with Gasteiger partial charge in [-0.15, -0.1) is 0 Å². The minimum Gasteiger partial charge on any atom is -0.478 e. The van der Waals surface area contributed by atoms with E-state index in [1.54, 1.807) is 26.0 Å². The Hall–Kier alpha value is -2.57. The number of hydrogen-bond acceptors (Lipinski definition) is 3. The summed E-state index contributed by atoms with van der Waals surface area (Å²) in [6.45, 7) is 3.79. The summed E-state index contributed by atoms with van der Waals surface area (Å²) in [6, 6.07) is 3.98. The molecule has 0 heterocycles. The SMILES string of the molecule is CCNC(=O)CNC(=O)Nc1ccc(C)c(C(=O)O)c1. The number of urea groups is 1. The van der Waals surface area contributed by atoms with Gasteiger partial charge in [0.25, 0.3) is 0 Å². The molecular formula is C13H17N3O4. The highest BCUT2D eigenvalue weighted by atomic mass is 16.4. The van der Waals surface area contributed by atoms with Gasteiger partial charge >= 0.3 is 12.0 Å². The van der Waals surface area contributed by atoms with E-state index in [0.29, 0.717) is 17.8 Å². The molecule has 0 atom stereocenters. The number of amides is 3. The molecule has 0 spiro atoms. The molecule has 0 aliphatic carbocycles. The van der Waals surface area contributed by atoms with Crippen LogP contribution >= 0.6 is 0 Å². The summed E-state index contributed by atoms with van der Waals surface area (Å²) >= 11 is 0. The van der Waals surface area contributed by atoms with Gasteiger partial charge < -0.3 is 21.1 Å². The molecule has 0 radical (unpaired) electrons. The van der Waals surface area contributed by atoms with Gasteiger partial charge in [-0.1, -0.05) is 6.07 Å². The van der Waals surface area contributed by atoms with Gasteiger partial charge in [0, 0.05) is 12.2 Å². The Labute approximate surface area is 116 Å². The number of aryl methyl sites for hydroxylation is 1. The van der Waals surface area contributed by atoms with Crippen molar-refractivity contribution in [2.45, 2.75) is 13.8 Å². The Balaban J connectivity index is 2.60. The predicted molar refractivity (Wildman–Crippen MR) is 73.8 cm³/mol. The number of aromatic carboxylic acids is 1. The lowest BCUT2D eigenvalue weighted by Crippen LogP contribution is -2.38. The molecule has 0 aliphatic rings. The Morgan fingerprint density at radius 3 is 2.50 bits per heavy atom. The lowest BCUT2D eigenvalue weighted by atomic mass is 10.1. The topological polar surface area (TPSA) is 108 Å². The van der Waals surface area contributed by atoms with Gasteiger partial charge in [-0.3, -0.25) is 4.79 Å². The number of likely N-dealkylation sites (N-methyl/N-ethyl adjacent to an activating group) is 1. The third kappa shape index (κ3) is 4.60. The molecule has 0 aromatic heterocycles. The molecule has 1 aromatic carbocycles. The van der Waals surface area contributed by atoms with Crippen LogP contribution in [0.1, 0.15) is 22.8 Å². The van der Waals surface area contributed by atoms with Crippen LogP contribution in [0.3, 0.4) is 0 Å². The van der Waals surface area contributed by atoms with Crippen LogP contribution in [-0.2, 0) is 4.79 Å². The van der Waals surface area contributed by atoms with Crippen molar-refractivity contribution in [3.8, 4) is 0 Å². The highest BCUT2D eigenvalue weighted by Crippen LogP contribution is 2.15. The van der Waals surface area contributed by atoms with Crippen molar-refractivity contribution in [3.05, 3.63) is 29.3 Å². The summed E-state index contributed by atoms with van der Waals surface area (Å²) in [6.07, 6.45) is 0. The normalized spacial score (nSPS) is 9.70. The van der Waals surface area contributed by atoms with Crippen LogP contribution in [0, 0.1) is 6.92 Å². The standard InChI is InChI=1S/C13H17N3O4/c1-3-14-11(17)7-15-13(20)16-9-5-4-8(2)10(6-9)12(18)19/h4-6H,3,7H2,1-2H3,(H,14,17)(H,18,19)(H2,15,16,20). The fraction of sp³-hybridized carbons (Fsp3) is 0.308. The average Bonchev–Trinajstić information content (AvgIpc) is 2.39. The molecule has 7 heteroatoms. The summed E-state index contributed by atoms with van der Waals surface area (Å²) in [5.41, 5.74) is 1.07. The van der Waals surface area contributed by atoms with Crippen LogP contribution in [0.4, 0.5) is 10.5 Å². The smallest absolute Gasteiger partial charge is 0.336 e. The minimum absolute atomic E-state index is 0.117. The largest absolute Gasteiger partial charge is 0.478 e. The van der Waals surface area contributed by atoms with Crippen LogP contribution in [-0.4, -0.2) is 36.1 Å². The molecule has 1 rings (SSSR count). The third-order valence-corrected chi connectivity index (χ3v) is 2.51. The highest BCUT2D eigenvalue weighted by molar-refractivity contribution is 5.95. The maximum Gasteiger partial charge on any atom is 0.336 e. The second-order valence-electron chi connectivity index (χ2n) is 4.10. The summed E-state index contributed by atoms with van der Waals surface area (Å²) < 4.78 is 0. The molecule has 0 bridgehead atoms. The first-order valence-corrected chi connectivity index (χ1v) is 6.09. The first kappa shape index (κ1) is 15.5. The molecule has 4 N–H and O–H groups in total. The van der Waals surface area contributed by atoms with Crippen LogP contribution in [0.2, 0.25) is 0 Å². The van der Waals surface area contributed by atoms with E-state index in [9.17, 15) is 14.4 Å². The van der Waals surface area contributed by atoms with Gasteiger partial charge in [-0.05, 0) is 31.5 Å². The summed E-state index contributed by atoms with van der Waals surface area (Å²) in [7, 11) is 0. The zero-order valence-electron chi connectivity index (χ0n) is 11.3. The first-order valence-electron chi connectivity index (χ1n) is 6.09. The van der Waals surface area contributed by atoms with Gasteiger partial charge in [-0.25, -0.2) is 9.59 Å². The fourth-order valence-electron chi connectivity index (χ4n) is 1.53. The fourth-order valence-corrected chi connectivity index (χ4v) is 1.53. The quantitative estimate of drug-likeness (QED) is 0.643. The lowest BCUT2D eigenvalue weighted by Gasteiger charge is -2.09. The number of anilines is 1. The molecule has 20 heavy (non-hydrogen) atoms. The number of carbonyl (C=O) groups is 3. The van der Waals surface area contributed by atoms with Crippen molar-refractivity contribution in [1.82, 2.24) is 10.6 Å². The van der Waals surface area contributed by atoms with Gasteiger partial charge in [0.1, 0.15) is 0 Å². The summed E-state index contributed by atoms with van der Waals surface area (Å²) in [5.74, 6) is -1.35. The second kappa shape index (κ2) is 7.13. The minimum atomic E-state index is -1.06. The second-order valence-corrected chi connectivity index (χ2v) is 4.10. The highest BCUT2D eigenvalue weighted by Gasteiger charge is 2.10. The number of carbonyl (C=O) groups excluding carboxylic acids is 2. The molecule has 0 aliphatic heterocycles. The number of carboxylic acids is 1. The zero-order chi connectivity index (χ0) is 15.1. The molecule has 108 valence electrons. The van der Waals surface area contributed by atoms with Crippen molar-refractivity contribution in [2.75, 3.05) is 18.4 Å². The zero-order valence-corrected chi connectivity index (χ0v) is 11.3. The van der Waals surface area contributed by atoms with E-state index in [-0.39, 0.29) is 18.0 Å². The average molecular weight is 279 g/mol. The Morgan fingerprint density at radius 1 is 1.20 bits per heavy atom. The molecule has 0 fully saturated rings. The van der Waals surface area contributed by atoms with Crippen molar-refractivity contribution in [3.63, 3.8) is 0 Å². The maximum absolute atomic E-state index is 11.5. The van der Waals surface area contributed by atoms with E-state index in [2.05, 4.69) is 16.0 Å².